The van der Waals surface area contributed by atoms with Crippen LogP contribution in [0.1, 0.15) is 36.2 Å². The Morgan fingerprint density at radius 2 is 1.91 bits per heavy atom. The largest absolute Gasteiger partial charge is 0.335 e. The fraction of sp³-hybridized carbons (Fsp3) is 0.733. The molecule has 22 heavy (non-hydrogen) atoms. The first-order valence-corrected chi connectivity index (χ1v) is 7.59. The summed E-state index contributed by atoms with van der Waals surface area (Å²) in [4.78, 5) is 14.9. The van der Waals surface area contributed by atoms with E-state index < -0.39 is 0 Å². The highest BCUT2D eigenvalue weighted by molar-refractivity contribution is 5.85. The van der Waals surface area contributed by atoms with E-state index in [1.165, 1.54) is 6.42 Å². The van der Waals surface area contributed by atoms with Gasteiger partial charge in [-0.2, -0.15) is 5.10 Å². The summed E-state index contributed by atoms with van der Waals surface area (Å²) < 4.78 is 1.87. The molecule has 1 amide bonds. The van der Waals surface area contributed by atoms with E-state index in [4.69, 9.17) is 0 Å². The number of fused-ring (bicyclic) bond motifs is 2. The van der Waals surface area contributed by atoms with Crippen LogP contribution in [0.2, 0.25) is 0 Å². The molecule has 7 heteroatoms. The first kappa shape index (κ1) is 19.3. The summed E-state index contributed by atoms with van der Waals surface area (Å²) in [6.07, 6.45) is 3.91. The predicted molar refractivity (Wildman–Crippen MR) is 92.0 cm³/mol. The normalized spacial score (nSPS) is 23.5. The van der Waals surface area contributed by atoms with Gasteiger partial charge in [0.15, 0.2) is 0 Å². The molecule has 1 aromatic rings. The summed E-state index contributed by atoms with van der Waals surface area (Å²) in [6, 6.07) is 0.840. The minimum absolute atomic E-state index is 0. The molecule has 2 unspecified atom stereocenters. The van der Waals surface area contributed by atoms with Gasteiger partial charge >= 0.3 is 0 Å². The third-order valence-corrected chi connectivity index (χ3v) is 4.93. The van der Waals surface area contributed by atoms with Crippen LogP contribution in [0.15, 0.2) is 0 Å². The van der Waals surface area contributed by atoms with Crippen LogP contribution in [0.3, 0.4) is 0 Å². The maximum Gasteiger partial charge on any atom is 0.227 e. The minimum Gasteiger partial charge on any atom is -0.335 e. The molecule has 0 aromatic carbocycles. The van der Waals surface area contributed by atoms with Crippen LogP contribution in [0.5, 0.6) is 0 Å². The fourth-order valence-corrected chi connectivity index (χ4v) is 3.71. The van der Waals surface area contributed by atoms with Gasteiger partial charge in [-0.3, -0.25) is 9.48 Å². The molecule has 0 aliphatic carbocycles. The van der Waals surface area contributed by atoms with E-state index in [1.54, 1.807) is 0 Å². The van der Waals surface area contributed by atoms with Gasteiger partial charge < -0.3 is 10.2 Å². The van der Waals surface area contributed by atoms with Gasteiger partial charge in [0.25, 0.3) is 0 Å². The lowest BCUT2D eigenvalue weighted by Crippen LogP contribution is -2.43. The van der Waals surface area contributed by atoms with E-state index in [0.717, 1.165) is 42.9 Å². The number of halogens is 2. The predicted octanol–water partition coefficient (Wildman–Crippen LogP) is 1.78. The minimum atomic E-state index is 0. The average molecular weight is 349 g/mol. The van der Waals surface area contributed by atoms with Gasteiger partial charge in [0.2, 0.25) is 5.91 Å². The highest BCUT2D eigenvalue weighted by atomic mass is 35.5. The summed E-state index contributed by atoms with van der Waals surface area (Å²) in [7, 11) is 1.94. The van der Waals surface area contributed by atoms with Crippen molar-refractivity contribution in [1.82, 2.24) is 20.0 Å². The van der Waals surface area contributed by atoms with Crippen molar-refractivity contribution in [2.45, 2.75) is 51.6 Å². The van der Waals surface area contributed by atoms with E-state index >= 15 is 0 Å². The zero-order valence-corrected chi connectivity index (χ0v) is 15.1. The second kappa shape index (κ2) is 7.66. The summed E-state index contributed by atoms with van der Waals surface area (Å²) in [5.41, 5.74) is 3.20. The molecule has 0 spiro atoms. The molecule has 126 valence electrons. The standard InChI is InChI=1S/C15H24N4O.2ClH/c1-10-14(11(2)18(3)17-10)8-15(20)19-12-4-5-13(19)9-16-7-6-12;;/h12-13,16H,4-9H2,1-3H3;2*1H. The van der Waals surface area contributed by atoms with Gasteiger partial charge in [-0.05, 0) is 39.7 Å². The molecular weight excluding hydrogens is 323 g/mol. The first-order valence-electron chi connectivity index (χ1n) is 7.59. The molecule has 2 bridgehead atoms. The van der Waals surface area contributed by atoms with E-state index in [-0.39, 0.29) is 30.7 Å². The van der Waals surface area contributed by atoms with Gasteiger partial charge in [-0.25, -0.2) is 0 Å². The number of aromatic nitrogens is 2. The van der Waals surface area contributed by atoms with Crippen molar-refractivity contribution in [2.75, 3.05) is 13.1 Å². The topological polar surface area (TPSA) is 50.2 Å². The van der Waals surface area contributed by atoms with E-state index in [9.17, 15) is 4.79 Å². The number of aryl methyl sites for hydroxylation is 2. The second-order valence-corrected chi connectivity index (χ2v) is 6.13. The zero-order chi connectivity index (χ0) is 14.3. The second-order valence-electron chi connectivity index (χ2n) is 6.13. The Kier molecular flexibility index (Phi) is 6.71. The van der Waals surface area contributed by atoms with Crippen molar-refractivity contribution >= 4 is 30.7 Å². The molecule has 0 radical (unpaired) electrons. The monoisotopic (exact) mass is 348 g/mol. The van der Waals surface area contributed by atoms with Crippen molar-refractivity contribution in [3.63, 3.8) is 0 Å². The lowest BCUT2D eigenvalue weighted by molar-refractivity contribution is -0.133. The molecule has 2 aliphatic rings. The van der Waals surface area contributed by atoms with Crippen LogP contribution in [0.25, 0.3) is 0 Å². The highest BCUT2D eigenvalue weighted by Gasteiger charge is 2.38. The van der Waals surface area contributed by atoms with Crippen molar-refractivity contribution in [3.05, 3.63) is 17.0 Å². The average Bonchev–Trinajstić information content (AvgIpc) is 2.79. The number of rotatable bonds is 2. The van der Waals surface area contributed by atoms with Crippen LogP contribution in [0, 0.1) is 13.8 Å². The Balaban J connectivity index is 0.00000121. The number of nitrogens with zero attached hydrogens (tertiary/aromatic N) is 3. The molecule has 3 heterocycles. The number of hydrogen-bond acceptors (Lipinski definition) is 3. The zero-order valence-electron chi connectivity index (χ0n) is 13.5. The Morgan fingerprint density at radius 1 is 1.23 bits per heavy atom. The molecule has 2 saturated heterocycles. The van der Waals surface area contributed by atoms with Gasteiger partial charge in [0.1, 0.15) is 0 Å². The van der Waals surface area contributed by atoms with Crippen LogP contribution >= 0.6 is 24.8 Å². The molecule has 2 fully saturated rings. The Hall–Kier alpha value is -0.780. The number of carbonyl (C=O) groups is 1. The van der Waals surface area contributed by atoms with E-state index in [0.29, 0.717) is 18.5 Å². The molecule has 2 atom stereocenters. The van der Waals surface area contributed by atoms with E-state index in [1.807, 2.05) is 25.6 Å². The Labute approximate surface area is 144 Å². The lowest BCUT2D eigenvalue weighted by atomic mass is 10.1. The maximum absolute atomic E-state index is 12.8. The molecule has 1 aromatic heterocycles. The maximum atomic E-state index is 12.8. The molecule has 1 N–H and O–H groups in total. The third-order valence-electron chi connectivity index (χ3n) is 4.93. The number of carbonyl (C=O) groups excluding carboxylic acids is 1. The van der Waals surface area contributed by atoms with Gasteiger partial charge in [-0.1, -0.05) is 0 Å². The Bertz CT molecular complexity index is 518. The summed E-state index contributed by atoms with van der Waals surface area (Å²) in [5, 5.41) is 7.86. The summed E-state index contributed by atoms with van der Waals surface area (Å²) in [5.74, 6) is 0.278. The lowest BCUT2D eigenvalue weighted by Gasteiger charge is -2.28. The summed E-state index contributed by atoms with van der Waals surface area (Å²) >= 11 is 0. The third kappa shape index (κ3) is 3.42. The smallest absolute Gasteiger partial charge is 0.227 e. The summed E-state index contributed by atoms with van der Waals surface area (Å²) in [6.45, 7) is 6.03. The molecule has 0 saturated carbocycles. The Morgan fingerprint density at radius 3 is 2.55 bits per heavy atom. The highest BCUT2D eigenvalue weighted by Crippen LogP contribution is 2.29. The quantitative estimate of drug-likeness (QED) is 0.886. The van der Waals surface area contributed by atoms with Gasteiger partial charge in [-0.15, -0.1) is 24.8 Å². The number of nitrogens with one attached hydrogen (secondary N) is 1. The van der Waals surface area contributed by atoms with Crippen molar-refractivity contribution in [3.8, 4) is 0 Å². The van der Waals surface area contributed by atoms with Crippen LogP contribution in [0.4, 0.5) is 0 Å². The fourth-order valence-electron chi connectivity index (χ4n) is 3.71. The molecule has 5 nitrogen and oxygen atoms in total. The van der Waals surface area contributed by atoms with Crippen molar-refractivity contribution in [2.24, 2.45) is 7.05 Å². The van der Waals surface area contributed by atoms with Gasteiger partial charge in [0.05, 0.1) is 12.1 Å². The number of hydrogen-bond donors (Lipinski definition) is 1. The molecular formula is C15H26Cl2N4O. The molecule has 3 rings (SSSR count). The van der Waals surface area contributed by atoms with E-state index in [2.05, 4.69) is 15.3 Å². The first-order chi connectivity index (χ1) is 9.58. The van der Waals surface area contributed by atoms with Crippen LogP contribution < -0.4 is 5.32 Å². The van der Waals surface area contributed by atoms with Crippen molar-refractivity contribution < 1.29 is 4.79 Å². The van der Waals surface area contributed by atoms with Crippen LogP contribution in [-0.2, 0) is 18.3 Å². The van der Waals surface area contributed by atoms with Crippen LogP contribution in [-0.4, -0.2) is 45.8 Å². The van der Waals surface area contributed by atoms with Gasteiger partial charge in [0, 0.05) is 36.9 Å². The van der Waals surface area contributed by atoms with Crippen molar-refractivity contribution in [1.29, 1.82) is 0 Å². The SMILES string of the molecule is Cc1nn(C)c(C)c1CC(=O)N1C2CCNCC1CC2.Cl.Cl. The number of amides is 1. The molecule has 2 aliphatic heterocycles.